The SMILES string of the molecule is O=c1[nH]c(-c2ccc(Br)o2)nc2sc3c(c12)CCCCCC3. The first-order valence-corrected chi connectivity index (χ1v) is 9.13. The fraction of sp³-hybridized carbons (Fsp3) is 0.375. The molecule has 4 nitrogen and oxygen atoms in total. The van der Waals surface area contributed by atoms with Gasteiger partial charge in [0.15, 0.2) is 16.3 Å². The molecule has 1 N–H and O–H groups in total. The summed E-state index contributed by atoms with van der Waals surface area (Å²) in [6.07, 6.45) is 6.95. The molecule has 0 bridgehead atoms. The molecule has 0 atom stereocenters. The van der Waals surface area contributed by atoms with Crippen molar-refractivity contribution < 1.29 is 4.42 Å². The van der Waals surface area contributed by atoms with Gasteiger partial charge in [-0.05, 0) is 59.3 Å². The van der Waals surface area contributed by atoms with Gasteiger partial charge in [0.1, 0.15) is 4.83 Å². The van der Waals surface area contributed by atoms with Gasteiger partial charge < -0.3 is 9.40 Å². The highest BCUT2D eigenvalue weighted by molar-refractivity contribution is 9.10. The molecule has 6 heteroatoms. The zero-order valence-electron chi connectivity index (χ0n) is 11.9. The van der Waals surface area contributed by atoms with Gasteiger partial charge in [0.25, 0.3) is 5.56 Å². The summed E-state index contributed by atoms with van der Waals surface area (Å²) in [5, 5.41) is 0.788. The number of aromatic nitrogens is 2. The Morgan fingerprint density at radius 2 is 2.00 bits per heavy atom. The Bertz CT molecular complexity index is 893. The molecule has 3 aromatic heterocycles. The highest BCUT2D eigenvalue weighted by Crippen LogP contribution is 2.33. The number of aryl methyl sites for hydroxylation is 2. The predicted molar refractivity (Wildman–Crippen MR) is 91.5 cm³/mol. The molecule has 0 amide bonds. The van der Waals surface area contributed by atoms with Crippen LogP contribution in [0.5, 0.6) is 0 Å². The molecule has 1 aliphatic carbocycles. The zero-order chi connectivity index (χ0) is 15.1. The number of nitrogens with one attached hydrogen (secondary N) is 1. The fourth-order valence-electron chi connectivity index (χ4n) is 3.08. The molecule has 0 aliphatic heterocycles. The van der Waals surface area contributed by atoms with E-state index in [-0.39, 0.29) is 5.56 Å². The van der Waals surface area contributed by atoms with E-state index in [1.807, 2.05) is 0 Å². The van der Waals surface area contributed by atoms with Crippen LogP contribution < -0.4 is 5.56 Å². The molecule has 0 aromatic carbocycles. The summed E-state index contributed by atoms with van der Waals surface area (Å²) in [5.74, 6) is 1.07. The Balaban J connectivity index is 1.90. The molecule has 22 heavy (non-hydrogen) atoms. The first-order chi connectivity index (χ1) is 10.7. The Morgan fingerprint density at radius 1 is 1.18 bits per heavy atom. The van der Waals surface area contributed by atoms with Crippen LogP contribution in [0.2, 0.25) is 0 Å². The number of halogens is 1. The maximum absolute atomic E-state index is 12.6. The fourth-order valence-corrected chi connectivity index (χ4v) is 4.64. The van der Waals surface area contributed by atoms with E-state index in [9.17, 15) is 4.79 Å². The number of hydrogen-bond donors (Lipinski definition) is 1. The van der Waals surface area contributed by atoms with E-state index in [2.05, 4.69) is 25.9 Å². The summed E-state index contributed by atoms with van der Waals surface area (Å²) in [6, 6.07) is 3.60. The van der Waals surface area contributed by atoms with Gasteiger partial charge in [0.05, 0.1) is 5.39 Å². The van der Waals surface area contributed by atoms with Crippen LogP contribution in [0.1, 0.15) is 36.1 Å². The van der Waals surface area contributed by atoms with Crippen LogP contribution in [0.25, 0.3) is 21.8 Å². The number of furan rings is 1. The molecule has 3 heterocycles. The molecular formula is C16H15BrN2O2S. The van der Waals surface area contributed by atoms with Crippen molar-refractivity contribution >= 4 is 37.5 Å². The summed E-state index contributed by atoms with van der Waals surface area (Å²) in [5.41, 5.74) is 1.17. The van der Waals surface area contributed by atoms with E-state index in [0.29, 0.717) is 16.3 Å². The lowest BCUT2D eigenvalue weighted by atomic mass is 9.98. The quantitative estimate of drug-likeness (QED) is 0.669. The van der Waals surface area contributed by atoms with Gasteiger partial charge in [-0.1, -0.05) is 12.8 Å². The number of aromatic amines is 1. The summed E-state index contributed by atoms with van der Waals surface area (Å²) in [6.45, 7) is 0. The van der Waals surface area contributed by atoms with Crippen LogP contribution in [-0.2, 0) is 12.8 Å². The molecule has 3 aromatic rings. The Hall–Kier alpha value is -1.40. The van der Waals surface area contributed by atoms with Gasteiger partial charge in [-0.15, -0.1) is 11.3 Å². The lowest BCUT2D eigenvalue weighted by Gasteiger charge is -2.08. The van der Waals surface area contributed by atoms with Crippen molar-refractivity contribution in [1.82, 2.24) is 9.97 Å². The Labute approximate surface area is 139 Å². The van der Waals surface area contributed by atoms with Crippen LogP contribution in [0.4, 0.5) is 0 Å². The maximum atomic E-state index is 12.6. The number of thiophene rings is 1. The highest BCUT2D eigenvalue weighted by Gasteiger charge is 2.19. The summed E-state index contributed by atoms with van der Waals surface area (Å²) in [7, 11) is 0. The lowest BCUT2D eigenvalue weighted by molar-refractivity contribution is 0.551. The minimum atomic E-state index is -0.0504. The van der Waals surface area contributed by atoms with E-state index in [0.717, 1.165) is 29.5 Å². The number of nitrogens with zero attached hydrogens (tertiary/aromatic N) is 1. The Morgan fingerprint density at radius 3 is 2.77 bits per heavy atom. The van der Waals surface area contributed by atoms with E-state index < -0.39 is 0 Å². The number of hydrogen-bond acceptors (Lipinski definition) is 4. The van der Waals surface area contributed by atoms with Crippen LogP contribution >= 0.6 is 27.3 Å². The highest BCUT2D eigenvalue weighted by atomic mass is 79.9. The van der Waals surface area contributed by atoms with Crippen LogP contribution in [0, 0.1) is 0 Å². The molecule has 0 saturated heterocycles. The third kappa shape index (κ3) is 2.44. The molecule has 114 valence electrons. The number of fused-ring (bicyclic) bond motifs is 3. The van der Waals surface area contributed by atoms with Gasteiger partial charge in [0.2, 0.25) is 0 Å². The molecule has 0 saturated carbocycles. The molecule has 4 rings (SSSR count). The van der Waals surface area contributed by atoms with Gasteiger partial charge >= 0.3 is 0 Å². The smallest absolute Gasteiger partial charge is 0.260 e. The van der Waals surface area contributed by atoms with Crippen molar-refractivity contribution in [2.45, 2.75) is 38.5 Å². The molecule has 0 spiro atoms. The van der Waals surface area contributed by atoms with Crippen LogP contribution in [0.3, 0.4) is 0 Å². The largest absolute Gasteiger partial charge is 0.446 e. The van der Waals surface area contributed by atoms with Gasteiger partial charge in [-0.25, -0.2) is 4.98 Å². The van der Waals surface area contributed by atoms with Crippen LogP contribution in [0.15, 0.2) is 26.0 Å². The van der Waals surface area contributed by atoms with E-state index in [1.54, 1.807) is 23.5 Å². The van der Waals surface area contributed by atoms with Crippen molar-refractivity contribution in [2.24, 2.45) is 0 Å². The minimum Gasteiger partial charge on any atom is -0.446 e. The lowest BCUT2D eigenvalue weighted by Crippen LogP contribution is -2.10. The van der Waals surface area contributed by atoms with Gasteiger partial charge in [-0.2, -0.15) is 0 Å². The van der Waals surface area contributed by atoms with Crippen molar-refractivity contribution in [1.29, 1.82) is 0 Å². The first kappa shape index (κ1) is 14.2. The predicted octanol–water partition coefficient (Wildman–Crippen LogP) is 4.67. The first-order valence-electron chi connectivity index (χ1n) is 7.52. The zero-order valence-corrected chi connectivity index (χ0v) is 14.3. The molecule has 0 radical (unpaired) electrons. The van der Waals surface area contributed by atoms with E-state index in [4.69, 9.17) is 4.42 Å². The summed E-state index contributed by atoms with van der Waals surface area (Å²) < 4.78 is 6.13. The molecule has 0 unspecified atom stereocenters. The van der Waals surface area contributed by atoms with Crippen molar-refractivity contribution in [2.75, 3.05) is 0 Å². The second kappa shape index (κ2) is 5.66. The molecule has 0 fully saturated rings. The van der Waals surface area contributed by atoms with Crippen molar-refractivity contribution in [3.8, 4) is 11.6 Å². The van der Waals surface area contributed by atoms with Gasteiger partial charge in [-0.3, -0.25) is 4.79 Å². The second-order valence-electron chi connectivity index (χ2n) is 5.62. The monoisotopic (exact) mass is 378 g/mol. The second-order valence-corrected chi connectivity index (χ2v) is 7.48. The number of H-pyrrole nitrogens is 1. The molecular weight excluding hydrogens is 364 g/mol. The number of rotatable bonds is 1. The summed E-state index contributed by atoms with van der Waals surface area (Å²) in [4.78, 5) is 22.3. The normalized spacial score (nSPS) is 15.5. The average Bonchev–Trinajstić information content (AvgIpc) is 3.03. The maximum Gasteiger partial charge on any atom is 0.260 e. The van der Waals surface area contributed by atoms with Crippen molar-refractivity contribution in [3.05, 3.63) is 37.6 Å². The van der Waals surface area contributed by atoms with Crippen molar-refractivity contribution in [3.63, 3.8) is 0 Å². The third-order valence-corrected chi connectivity index (χ3v) is 5.74. The topological polar surface area (TPSA) is 58.9 Å². The van der Waals surface area contributed by atoms with Crippen LogP contribution in [-0.4, -0.2) is 9.97 Å². The third-order valence-electron chi connectivity index (χ3n) is 4.13. The molecule has 1 aliphatic rings. The Kier molecular flexibility index (Phi) is 3.66. The average molecular weight is 379 g/mol. The van der Waals surface area contributed by atoms with E-state index >= 15 is 0 Å². The van der Waals surface area contributed by atoms with Gasteiger partial charge in [0, 0.05) is 4.88 Å². The standard InChI is InChI=1S/C16H15BrN2O2S/c17-12-8-7-10(21-12)14-18-15(20)13-9-5-3-1-2-4-6-11(9)22-16(13)19-14/h7-8H,1-6H2,(H,18,19,20). The minimum absolute atomic E-state index is 0.0504. The van der Waals surface area contributed by atoms with E-state index in [1.165, 1.54) is 29.7 Å². The summed E-state index contributed by atoms with van der Waals surface area (Å²) >= 11 is 4.95.